The molecule has 0 spiro atoms. The zero-order valence-corrected chi connectivity index (χ0v) is 10.1. The number of hydrogen-bond donors (Lipinski definition) is 2. The molecule has 18 heavy (non-hydrogen) atoms. The fraction of sp³-hybridized carbons (Fsp3) is 0.800. The van der Waals surface area contributed by atoms with Crippen LogP contribution in [-0.4, -0.2) is 41.9 Å². The largest absolute Gasteiger partial charge is 0.451 e. The minimum atomic E-state index is -4.46. The van der Waals surface area contributed by atoms with Crippen LogP contribution in [-0.2, 0) is 6.18 Å². The average molecular weight is 263 g/mol. The number of anilines is 1. The van der Waals surface area contributed by atoms with Crippen LogP contribution in [0.4, 0.5) is 19.1 Å². The number of nitrogens with one attached hydrogen (secondary N) is 2. The molecule has 1 aliphatic rings. The van der Waals surface area contributed by atoms with E-state index in [-0.39, 0.29) is 5.95 Å². The first-order valence-electron chi connectivity index (χ1n) is 5.90. The van der Waals surface area contributed by atoms with Crippen molar-refractivity contribution in [2.75, 3.05) is 31.6 Å². The molecular weight excluding hydrogens is 247 g/mol. The van der Waals surface area contributed by atoms with Gasteiger partial charge in [-0.15, -0.1) is 5.10 Å². The molecule has 0 aliphatic carbocycles. The van der Waals surface area contributed by atoms with Crippen molar-refractivity contribution in [1.29, 1.82) is 0 Å². The number of piperidine rings is 1. The Kier molecular flexibility index (Phi) is 3.74. The van der Waals surface area contributed by atoms with Gasteiger partial charge in [-0.05, 0) is 32.4 Å². The summed E-state index contributed by atoms with van der Waals surface area (Å²) in [5.74, 6) is -0.313. The van der Waals surface area contributed by atoms with Gasteiger partial charge in [0, 0.05) is 13.1 Å². The van der Waals surface area contributed by atoms with E-state index in [4.69, 9.17) is 0 Å². The summed E-state index contributed by atoms with van der Waals surface area (Å²) in [6.07, 6.45) is -2.58. The smallest absolute Gasteiger partial charge is 0.340 e. The van der Waals surface area contributed by atoms with Crippen molar-refractivity contribution in [1.82, 2.24) is 20.5 Å². The maximum Gasteiger partial charge on any atom is 0.451 e. The third-order valence-electron chi connectivity index (χ3n) is 3.13. The van der Waals surface area contributed by atoms with E-state index in [0.29, 0.717) is 19.0 Å². The Morgan fingerprint density at radius 1 is 1.39 bits per heavy atom. The molecule has 1 aromatic heterocycles. The normalized spacial score (nSPS) is 18.3. The molecule has 1 aromatic rings. The molecule has 0 aromatic carbocycles. The number of rotatable bonds is 3. The van der Waals surface area contributed by atoms with Gasteiger partial charge >= 0.3 is 6.18 Å². The van der Waals surface area contributed by atoms with E-state index in [0.717, 1.165) is 19.4 Å². The fourth-order valence-electron chi connectivity index (χ4n) is 2.15. The molecule has 0 bridgehead atoms. The Balaban J connectivity index is 1.95. The highest BCUT2D eigenvalue weighted by Crippen LogP contribution is 2.28. The van der Waals surface area contributed by atoms with Crippen molar-refractivity contribution in [2.45, 2.75) is 19.0 Å². The number of nitrogens with zero attached hydrogens (tertiary/aromatic N) is 3. The zero-order valence-electron chi connectivity index (χ0n) is 10.1. The molecule has 1 fully saturated rings. The highest BCUT2D eigenvalue weighted by molar-refractivity contribution is 5.29. The first kappa shape index (κ1) is 13.1. The Bertz CT molecular complexity index is 381. The van der Waals surface area contributed by atoms with E-state index in [2.05, 4.69) is 15.4 Å². The Hall–Kier alpha value is -1.31. The van der Waals surface area contributed by atoms with E-state index in [1.165, 1.54) is 0 Å². The Morgan fingerprint density at radius 2 is 2.06 bits per heavy atom. The minimum absolute atomic E-state index is 0.144. The molecule has 0 saturated carbocycles. The summed E-state index contributed by atoms with van der Waals surface area (Å²) in [6, 6.07) is 0. The molecule has 0 radical (unpaired) electrons. The van der Waals surface area contributed by atoms with Gasteiger partial charge in [0.05, 0.1) is 0 Å². The number of aromatic amines is 1. The number of halogens is 3. The molecular formula is C10H16F3N5. The summed E-state index contributed by atoms with van der Waals surface area (Å²) in [6.45, 7) is 2.33. The second kappa shape index (κ2) is 5.13. The molecule has 0 unspecified atom stereocenters. The summed E-state index contributed by atoms with van der Waals surface area (Å²) < 4.78 is 37.1. The maximum absolute atomic E-state index is 12.4. The van der Waals surface area contributed by atoms with Crippen LogP contribution in [0, 0.1) is 5.92 Å². The Morgan fingerprint density at radius 3 is 2.56 bits per heavy atom. The first-order chi connectivity index (χ1) is 8.50. The third-order valence-corrected chi connectivity index (χ3v) is 3.13. The second-order valence-electron chi connectivity index (χ2n) is 4.47. The summed E-state index contributed by atoms with van der Waals surface area (Å²) in [4.78, 5) is 5.28. The van der Waals surface area contributed by atoms with Crippen LogP contribution in [0.1, 0.15) is 18.7 Å². The molecule has 1 saturated heterocycles. The van der Waals surface area contributed by atoms with Gasteiger partial charge < -0.3 is 10.2 Å². The third kappa shape index (κ3) is 2.92. The number of aromatic nitrogens is 3. The fourth-order valence-corrected chi connectivity index (χ4v) is 2.15. The van der Waals surface area contributed by atoms with Crippen molar-refractivity contribution in [3.63, 3.8) is 0 Å². The summed E-state index contributed by atoms with van der Waals surface area (Å²) >= 11 is 0. The monoisotopic (exact) mass is 263 g/mol. The number of alkyl halides is 3. The van der Waals surface area contributed by atoms with Crippen LogP contribution >= 0.6 is 0 Å². The number of H-pyrrole nitrogens is 1. The summed E-state index contributed by atoms with van der Waals surface area (Å²) in [7, 11) is 1.90. The van der Waals surface area contributed by atoms with Crippen LogP contribution < -0.4 is 10.2 Å². The lowest BCUT2D eigenvalue weighted by Crippen LogP contribution is -2.37. The summed E-state index contributed by atoms with van der Waals surface area (Å²) in [5, 5.41) is 8.68. The predicted molar refractivity (Wildman–Crippen MR) is 60.2 cm³/mol. The van der Waals surface area contributed by atoms with E-state index >= 15 is 0 Å². The van der Waals surface area contributed by atoms with Gasteiger partial charge in [-0.3, -0.25) is 5.10 Å². The highest BCUT2D eigenvalue weighted by Gasteiger charge is 2.36. The van der Waals surface area contributed by atoms with E-state index in [9.17, 15) is 13.2 Å². The SMILES string of the molecule is CNCC1CCN(c2n[nH]c(C(F)(F)F)n2)CC1. The van der Waals surface area contributed by atoms with E-state index in [1.807, 2.05) is 12.1 Å². The topological polar surface area (TPSA) is 56.8 Å². The van der Waals surface area contributed by atoms with E-state index in [1.54, 1.807) is 4.90 Å². The van der Waals surface area contributed by atoms with Gasteiger partial charge in [-0.1, -0.05) is 0 Å². The minimum Gasteiger partial charge on any atom is -0.340 e. The van der Waals surface area contributed by atoms with Crippen LogP contribution in [0.25, 0.3) is 0 Å². The molecule has 102 valence electrons. The van der Waals surface area contributed by atoms with Crippen LogP contribution in [0.15, 0.2) is 0 Å². The van der Waals surface area contributed by atoms with Gasteiger partial charge in [0.25, 0.3) is 0 Å². The van der Waals surface area contributed by atoms with Crippen molar-refractivity contribution in [3.8, 4) is 0 Å². The molecule has 2 rings (SSSR count). The van der Waals surface area contributed by atoms with Crippen molar-refractivity contribution >= 4 is 5.95 Å². The van der Waals surface area contributed by atoms with Crippen molar-refractivity contribution in [2.24, 2.45) is 5.92 Å². The lowest BCUT2D eigenvalue weighted by molar-refractivity contribution is -0.144. The van der Waals surface area contributed by atoms with Gasteiger partial charge in [0.2, 0.25) is 11.8 Å². The van der Waals surface area contributed by atoms with Crippen molar-refractivity contribution < 1.29 is 13.2 Å². The molecule has 1 aliphatic heterocycles. The van der Waals surface area contributed by atoms with Gasteiger partial charge in [0.1, 0.15) is 0 Å². The predicted octanol–water partition coefficient (Wildman–Crippen LogP) is 1.26. The van der Waals surface area contributed by atoms with Gasteiger partial charge in [0.15, 0.2) is 0 Å². The standard InChI is InChI=1S/C10H16F3N5/c1-14-6-7-2-4-18(5-3-7)9-15-8(16-17-9)10(11,12)13/h7,14H,2-6H2,1H3,(H,15,16,17). The molecule has 2 N–H and O–H groups in total. The van der Waals surface area contributed by atoms with E-state index < -0.39 is 12.0 Å². The zero-order chi connectivity index (χ0) is 13.2. The molecule has 0 atom stereocenters. The van der Waals surface area contributed by atoms with Gasteiger partial charge in [-0.2, -0.15) is 18.2 Å². The number of hydrogen-bond acceptors (Lipinski definition) is 4. The first-order valence-corrected chi connectivity index (χ1v) is 5.90. The highest BCUT2D eigenvalue weighted by atomic mass is 19.4. The lowest BCUT2D eigenvalue weighted by Gasteiger charge is -2.30. The average Bonchev–Trinajstić information content (AvgIpc) is 2.79. The maximum atomic E-state index is 12.4. The molecule has 8 heteroatoms. The molecule has 5 nitrogen and oxygen atoms in total. The quantitative estimate of drug-likeness (QED) is 0.862. The van der Waals surface area contributed by atoms with Crippen LogP contribution in [0.3, 0.4) is 0 Å². The Labute approximate surface area is 103 Å². The van der Waals surface area contributed by atoms with Crippen LogP contribution in [0.2, 0.25) is 0 Å². The van der Waals surface area contributed by atoms with Crippen LogP contribution in [0.5, 0.6) is 0 Å². The van der Waals surface area contributed by atoms with Gasteiger partial charge in [-0.25, -0.2) is 0 Å². The molecule has 2 heterocycles. The summed E-state index contributed by atoms with van der Waals surface area (Å²) in [5.41, 5.74) is 0. The molecule has 0 amide bonds. The lowest BCUT2D eigenvalue weighted by atomic mass is 9.97. The van der Waals surface area contributed by atoms with Crippen molar-refractivity contribution in [3.05, 3.63) is 5.82 Å². The second-order valence-corrected chi connectivity index (χ2v) is 4.47.